The molecule has 0 unspecified atom stereocenters. The van der Waals surface area contributed by atoms with Crippen molar-refractivity contribution in [2.24, 2.45) is 0 Å². The average molecular weight is 378 g/mol. The van der Waals surface area contributed by atoms with Crippen LogP contribution in [0.1, 0.15) is 30.9 Å². The molecule has 2 N–H and O–H groups in total. The van der Waals surface area contributed by atoms with Crippen molar-refractivity contribution in [2.45, 2.75) is 26.7 Å². The van der Waals surface area contributed by atoms with E-state index in [1.54, 1.807) is 19.1 Å². The van der Waals surface area contributed by atoms with Crippen molar-refractivity contribution in [3.63, 3.8) is 0 Å². The predicted octanol–water partition coefficient (Wildman–Crippen LogP) is 4.60. The number of benzene rings is 2. The smallest absolute Gasteiger partial charge is 0.262 e. The number of halogens is 1. The molecule has 0 aromatic heterocycles. The van der Waals surface area contributed by atoms with Crippen LogP contribution in [0.5, 0.6) is 11.5 Å². The molecule has 1 amide bonds. The first-order chi connectivity index (χ1) is 10.9. The van der Waals surface area contributed by atoms with Gasteiger partial charge in [-0.15, -0.1) is 0 Å². The molecular formula is C18H20BrNO3. The largest absolute Gasteiger partial charge is 0.506 e. The molecule has 2 rings (SSSR count). The van der Waals surface area contributed by atoms with Crippen LogP contribution >= 0.6 is 15.9 Å². The van der Waals surface area contributed by atoms with Crippen LogP contribution in [0.3, 0.4) is 0 Å². The molecule has 0 bridgehead atoms. The second-order valence-corrected chi connectivity index (χ2v) is 6.54. The quantitative estimate of drug-likeness (QED) is 0.748. The van der Waals surface area contributed by atoms with Gasteiger partial charge in [-0.2, -0.15) is 0 Å². The summed E-state index contributed by atoms with van der Waals surface area (Å²) in [4.78, 5) is 12.0. The Morgan fingerprint density at radius 3 is 2.48 bits per heavy atom. The van der Waals surface area contributed by atoms with E-state index >= 15 is 0 Å². The highest BCUT2D eigenvalue weighted by Gasteiger charge is 2.08. The van der Waals surface area contributed by atoms with Crippen molar-refractivity contribution in [3.8, 4) is 11.5 Å². The zero-order chi connectivity index (χ0) is 17.0. The van der Waals surface area contributed by atoms with Crippen LogP contribution in [0.15, 0.2) is 40.9 Å². The summed E-state index contributed by atoms with van der Waals surface area (Å²) in [6.07, 6.45) is 0. The fraction of sp³-hybridized carbons (Fsp3) is 0.278. The van der Waals surface area contributed by atoms with E-state index in [1.807, 2.05) is 24.3 Å². The van der Waals surface area contributed by atoms with Gasteiger partial charge in [-0.3, -0.25) is 4.79 Å². The molecule has 2 aromatic rings. The highest BCUT2D eigenvalue weighted by molar-refractivity contribution is 9.10. The third kappa shape index (κ3) is 4.73. The van der Waals surface area contributed by atoms with Crippen molar-refractivity contribution in [3.05, 3.63) is 52.0 Å². The Bertz CT molecular complexity index is 673. The zero-order valence-electron chi connectivity index (χ0n) is 13.4. The number of anilines is 1. The fourth-order valence-electron chi connectivity index (χ4n) is 2.10. The molecule has 0 atom stereocenters. The van der Waals surface area contributed by atoms with E-state index in [0.717, 1.165) is 0 Å². The molecule has 0 aliphatic carbocycles. The molecule has 0 heterocycles. The van der Waals surface area contributed by atoms with Crippen molar-refractivity contribution in [1.82, 2.24) is 0 Å². The number of aromatic hydroxyl groups is 1. The van der Waals surface area contributed by atoms with E-state index in [2.05, 4.69) is 35.1 Å². The van der Waals surface area contributed by atoms with Gasteiger partial charge < -0.3 is 15.2 Å². The van der Waals surface area contributed by atoms with E-state index < -0.39 is 0 Å². The average Bonchev–Trinajstić information content (AvgIpc) is 2.51. The Labute approximate surface area is 144 Å². The Morgan fingerprint density at radius 2 is 1.91 bits per heavy atom. The Morgan fingerprint density at radius 1 is 1.26 bits per heavy atom. The Hall–Kier alpha value is -2.01. The van der Waals surface area contributed by atoms with Crippen LogP contribution in [-0.4, -0.2) is 17.6 Å². The van der Waals surface area contributed by atoms with Crippen LogP contribution in [-0.2, 0) is 4.79 Å². The molecule has 2 aromatic carbocycles. The van der Waals surface area contributed by atoms with Gasteiger partial charge >= 0.3 is 0 Å². The molecule has 0 aliphatic rings. The standard InChI is InChI=1S/C18H20BrNO3/c1-11(2)13-4-6-15(7-5-13)23-10-17(21)20-14-8-12(3)18(22)16(19)9-14/h4-9,11,22H,10H2,1-3H3,(H,20,21). The molecule has 0 spiro atoms. The molecule has 0 saturated heterocycles. The van der Waals surface area contributed by atoms with E-state index in [0.29, 0.717) is 27.4 Å². The maximum absolute atomic E-state index is 12.0. The summed E-state index contributed by atoms with van der Waals surface area (Å²) < 4.78 is 6.03. The molecule has 0 aliphatic heterocycles. The number of nitrogens with one attached hydrogen (secondary N) is 1. The lowest BCUT2D eigenvalue weighted by molar-refractivity contribution is -0.118. The van der Waals surface area contributed by atoms with Gasteiger partial charge in [-0.05, 0) is 64.2 Å². The van der Waals surface area contributed by atoms with Crippen LogP contribution in [0.4, 0.5) is 5.69 Å². The SMILES string of the molecule is Cc1cc(NC(=O)COc2ccc(C(C)C)cc2)cc(Br)c1O. The minimum absolute atomic E-state index is 0.0709. The Balaban J connectivity index is 1.92. The number of aryl methyl sites for hydroxylation is 1. The molecule has 0 radical (unpaired) electrons. The normalized spacial score (nSPS) is 10.7. The number of phenolic OH excluding ortho intramolecular Hbond substituents is 1. The van der Waals surface area contributed by atoms with Gasteiger partial charge in [-0.25, -0.2) is 0 Å². The van der Waals surface area contributed by atoms with E-state index in [9.17, 15) is 9.90 Å². The maximum atomic E-state index is 12.0. The van der Waals surface area contributed by atoms with E-state index in [1.165, 1.54) is 5.56 Å². The van der Waals surface area contributed by atoms with Crippen LogP contribution in [0.2, 0.25) is 0 Å². The van der Waals surface area contributed by atoms with Crippen LogP contribution in [0.25, 0.3) is 0 Å². The van der Waals surface area contributed by atoms with Crippen LogP contribution < -0.4 is 10.1 Å². The molecule has 122 valence electrons. The first-order valence-electron chi connectivity index (χ1n) is 7.38. The lowest BCUT2D eigenvalue weighted by Gasteiger charge is -2.11. The third-order valence-corrected chi connectivity index (χ3v) is 4.06. The first kappa shape index (κ1) is 17.3. The lowest BCUT2D eigenvalue weighted by atomic mass is 10.0. The number of amides is 1. The van der Waals surface area contributed by atoms with Gasteiger partial charge in [0.1, 0.15) is 11.5 Å². The topological polar surface area (TPSA) is 58.6 Å². The summed E-state index contributed by atoms with van der Waals surface area (Å²) in [6, 6.07) is 11.1. The highest BCUT2D eigenvalue weighted by Crippen LogP contribution is 2.30. The lowest BCUT2D eigenvalue weighted by Crippen LogP contribution is -2.20. The predicted molar refractivity (Wildman–Crippen MR) is 95.2 cm³/mol. The molecular weight excluding hydrogens is 358 g/mol. The van der Waals surface area contributed by atoms with Crippen molar-refractivity contribution in [1.29, 1.82) is 0 Å². The van der Waals surface area contributed by atoms with Gasteiger partial charge in [-0.1, -0.05) is 26.0 Å². The Kier molecular flexibility index (Phi) is 5.66. The number of hydrogen-bond acceptors (Lipinski definition) is 3. The minimum atomic E-state index is -0.255. The number of ether oxygens (including phenoxy) is 1. The summed E-state index contributed by atoms with van der Waals surface area (Å²) in [7, 11) is 0. The van der Waals surface area contributed by atoms with Crippen molar-refractivity contribution < 1.29 is 14.6 Å². The number of carbonyl (C=O) groups excluding carboxylic acids is 1. The molecule has 4 nitrogen and oxygen atoms in total. The van der Waals surface area contributed by atoms with Gasteiger partial charge in [0, 0.05) is 5.69 Å². The summed E-state index contributed by atoms with van der Waals surface area (Å²) in [6.45, 7) is 5.95. The second-order valence-electron chi connectivity index (χ2n) is 5.68. The molecule has 0 saturated carbocycles. The van der Waals surface area contributed by atoms with E-state index in [4.69, 9.17) is 4.74 Å². The summed E-state index contributed by atoms with van der Waals surface area (Å²) in [5, 5.41) is 12.4. The summed E-state index contributed by atoms with van der Waals surface area (Å²) in [5.74, 6) is 1.04. The molecule has 0 fully saturated rings. The monoisotopic (exact) mass is 377 g/mol. The number of rotatable bonds is 5. The number of carbonyl (C=O) groups is 1. The van der Waals surface area contributed by atoms with Crippen LogP contribution in [0, 0.1) is 6.92 Å². The zero-order valence-corrected chi connectivity index (χ0v) is 15.0. The number of phenols is 1. The fourth-order valence-corrected chi connectivity index (χ4v) is 2.66. The first-order valence-corrected chi connectivity index (χ1v) is 8.18. The van der Waals surface area contributed by atoms with E-state index in [-0.39, 0.29) is 18.3 Å². The van der Waals surface area contributed by atoms with Gasteiger partial charge in [0.25, 0.3) is 5.91 Å². The third-order valence-electron chi connectivity index (χ3n) is 3.45. The summed E-state index contributed by atoms with van der Waals surface area (Å²) >= 11 is 3.25. The van der Waals surface area contributed by atoms with Gasteiger partial charge in [0.05, 0.1) is 4.47 Å². The van der Waals surface area contributed by atoms with Gasteiger partial charge in [0.15, 0.2) is 6.61 Å². The van der Waals surface area contributed by atoms with Crippen molar-refractivity contribution in [2.75, 3.05) is 11.9 Å². The minimum Gasteiger partial charge on any atom is -0.506 e. The second kappa shape index (κ2) is 7.51. The highest BCUT2D eigenvalue weighted by atomic mass is 79.9. The molecule has 23 heavy (non-hydrogen) atoms. The molecule has 5 heteroatoms. The number of hydrogen-bond donors (Lipinski definition) is 2. The maximum Gasteiger partial charge on any atom is 0.262 e. The summed E-state index contributed by atoms with van der Waals surface area (Å²) in [5.41, 5.74) is 2.52. The van der Waals surface area contributed by atoms with Crippen molar-refractivity contribution >= 4 is 27.5 Å². The van der Waals surface area contributed by atoms with Gasteiger partial charge in [0.2, 0.25) is 0 Å².